The van der Waals surface area contributed by atoms with Crippen molar-refractivity contribution in [3.8, 4) is 0 Å². The minimum Gasteiger partial charge on any atom is -0.0654 e. The number of benzene rings is 1. The van der Waals surface area contributed by atoms with Gasteiger partial charge < -0.3 is 0 Å². The minimum absolute atomic E-state index is 0.626. The van der Waals surface area contributed by atoms with Gasteiger partial charge in [-0.1, -0.05) is 109 Å². The normalized spacial score (nSPS) is 29.8. The van der Waals surface area contributed by atoms with E-state index in [9.17, 15) is 0 Å². The second-order valence-corrected chi connectivity index (χ2v) is 11.4. The smallest absolute Gasteiger partial charge is 0.0162 e. The van der Waals surface area contributed by atoms with E-state index in [1.165, 1.54) is 109 Å². The van der Waals surface area contributed by atoms with Gasteiger partial charge in [0.15, 0.2) is 0 Å². The molecule has 2 aliphatic rings. The van der Waals surface area contributed by atoms with E-state index >= 15 is 0 Å². The van der Waals surface area contributed by atoms with E-state index in [4.69, 9.17) is 0 Å². The van der Waals surface area contributed by atoms with Gasteiger partial charge in [-0.25, -0.2) is 0 Å². The maximum Gasteiger partial charge on any atom is -0.0162 e. The van der Waals surface area contributed by atoms with Crippen molar-refractivity contribution in [3.63, 3.8) is 0 Å². The second kappa shape index (κ2) is 12.3. The molecule has 0 nitrogen and oxygen atoms in total. The first-order valence-corrected chi connectivity index (χ1v) is 13.7. The van der Waals surface area contributed by atoms with Gasteiger partial charge in [-0.3, -0.25) is 0 Å². The molecule has 0 bridgehead atoms. The quantitative estimate of drug-likeness (QED) is 0.318. The standard InChI is InChI=1S/C30H50/c1-4-6-8-22-30(3)23-20-29(21-24-30)28-18-16-27(17-19-28)15-14-26-12-10-25(11-13-26)9-7-5-2/h16-19,25-26,29H,4-15,20-24H2,1-3H3. The lowest BCUT2D eigenvalue weighted by Crippen LogP contribution is -2.23. The van der Waals surface area contributed by atoms with E-state index in [0.29, 0.717) is 5.41 Å². The molecule has 2 saturated carbocycles. The van der Waals surface area contributed by atoms with Crippen LogP contribution in [0, 0.1) is 17.3 Å². The first kappa shape index (κ1) is 23.9. The molecule has 0 radical (unpaired) electrons. The molecule has 3 rings (SSSR count). The third kappa shape index (κ3) is 7.42. The SMILES string of the molecule is CCCCCC1(C)CCC(c2ccc(CCC3CCC(CCCC)CC3)cc2)CC1. The predicted molar refractivity (Wildman–Crippen MR) is 133 cm³/mol. The van der Waals surface area contributed by atoms with Gasteiger partial charge >= 0.3 is 0 Å². The zero-order chi connectivity index (χ0) is 21.2. The van der Waals surface area contributed by atoms with Crippen molar-refractivity contribution in [2.75, 3.05) is 0 Å². The van der Waals surface area contributed by atoms with Crippen LogP contribution in [-0.2, 0) is 6.42 Å². The first-order valence-electron chi connectivity index (χ1n) is 13.7. The summed E-state index contributed by atoms with van der Waals surface area (Å²) < 4.78 is 0. The summed E-state index contributed by atoms with van der Waals surface area (Å²) in [6, 6.07) is 9.86. The summed E-state index contributed by atoms with van der Waals surface area (Å²) in [5.41, 5.74) is 3.82. The summed E-state index contributed by atoms with van der Waals surface area (Å²) in [4.78, 5) is 0. The average molecular weight is 411 g/mol. The maximum absolute atomic E-state index is 2.55. The van der Waals surface area contributed by atoms with Gasteiger partial charge in [0.2, 0.25) is 0 Å². The highest BCUT2D eigenvalue weighted by atomic mass is 14.4. The molecule has 170 valence electrons. The molecule has 1 aromatic carbocycles. The summed E-state index contributed by atoms with van der Waals surface area (Å²) in [6.07, 6.45) is 24.3. The van der Waals surface area contributed by atoms with Crippen LogP contribution in [0.2, 0.25) is 0 Å². The van der Waals surface area contributed by atoms with Crippen molar-refractivity contribution in [1.29, 1.82) is 0 Å². The number of hydrogen-bond donors (Lipinski definition) is 0. The van der Waals surface area contributed by atoms with Gasteiger partial charge in [0, 0.05) is 0 Å². The molecule has 30 heavy (non-hydrogen) atoms. The number of rotatable bonds is 11. The van der Waals surface area contributed by atoms with Crippen molar-refractivity contribution >= 4 is 0 Å². The van der Waals surface area contributed by atoms with Gasteiger partial charge in [0.25, 0.3) is 0 Å². The Balaban J connectivity index is 1.37. The Kier molecular flexibility index (Phi) is 9.79. The van der Waals surface area contributed by atoms with Crippen LogP contribution in [0.25, 0.3) is 0 Å². The van der Waals surface area contributed by atoms with Crippen LogP contribution >= 0.6 is 0 Å². The van der Waals surface area contributed by atoms with E-state index in [0.717, 1.165) is 17.8 Å². The fourth-order valence-corrected chi connectivity index (χ4v) is 6.33. The van der Waals surface area contributed by atoms with Crippen LogP contribution in [0.4, 0.5) is 0 Å². The Morgan fingerprint density at radius 1 is 0.733 bits per heavy atom. The lowest BCUT2D eigenvalue weighted by molar-refractivity contribution is 0.178. The Morgan fingerprint density at radius 3 is 1.93 bits per heavy atom. The Labute approximate surface area is 188 Å². The van der Waals surface area contributed by atoms with Crippen molar-refractivity contribution in [1.82, 2.24) is 0 Å². The number of hydrogen-bond acceptors (Lipinski definition) is 0. The van der Waals surface area contributed by atoms with Gasteiger partial charge in [-0.05, 0) is 79.2 Å². The van der Waals surface area contributed by atoms with E-state index in [1.54, 1.807) is 11.1 Å². The molecule has 2 fully saturated rings. The van der Waals surface area contributed by atoms with Crippen LogP contribution in [-0.4, -0.2) is 0 Å². The van der Waals surface area contributed by atoms with E-state index in [2.05, 4.69) is 45.0 Å². The minimum atomic E-state index is 0.626. The van der Waals surface area contributed by atoms with E-state index < -0.39 is 0 Å². The van der Waals surface area contributed by atoms with Crippen molar-refractivity contribution in [2.45, 2.75) is 136 Å². The molecule has 0 heterocycles. The van der Waals surface area contributed by atoms with Crippen LogP contribution in [0.1, 0.15) is 141 Å². The molecular formula is C30H50. The Hall–Kier alpha value is -0.780. The molecule has 0 N–H and O–H groups in total. The first-order chi connectivity index (χ1) is 14.6. The predicted octanol–water partition coefficient (Wildman–Crippen LogP) is 9.86. The lowest BCUT2D eigenvalue weighted by atomic mass is 9.68. The monoisotopic (exact) mass is 410 g/mol. The van der Waals surface area contributed by atoms with Crippen molar-refractivity contribution in [3.05, 3.63) is 35.4 Å². The summed E-state index contributed by atoms with van der Waals surface area (Å²) in [5, 5.41) is 0. The highest BCUT2D eigenvalue weighted by Gasteiger charge is 2.31. The fourth-order valence-electron chi connectivity index (χ4n) is 6.33. The van der Waals surface area contributed by atoms with Gasteiger partial charge in [0.1, 0.15) is 0 Å². The summed E-state index contributed by atoms with van der Waals surface area (Å²) in [5.74, 6) is 2.85. The third-order valence-corrected chi connectivity index (χ3v) is 8.80. The molecule has 0 amide bonds. The number of aryl methyl sites for hydroxylation is 1. The summed E-state index contributed by atoms with van der Waals surface area (Å²) in [7, 11) is 0. The lowest BCUT2D eigenvalue weighted by Gasteiger charge is -2.38. The van der Waals surface area contributed by atoms with Crippen molar-refractivity contribution < 1.29 is 0 Å². The second-order valence-electron chi connectivity index (χ2n) is 11.4. The molecule has 0 aliphatic heterocycles. The Morgan fingerprint density at radius 2 is 1.33 bits per heavy atom. The van der Waals surface area contributed by atoms with Gasteiger partial charge in [-0.2, -0.15) is 0 Å². The molecule has 1 aromatic rings. The fraction of sp³-hybridized carbons (Fsp3) is 0.800. The molecule has 0 unspecified atom stereocenters. The molecular weight excluding hydrogens is 360 g/mol. The molecule has 2 aliphatic carbocycles. The zero-order valence-electron chi connectivity index (χ0n) is 20.6. The summed E-state index contributed by atoms with van der Waals surface area (Å²) >= 11 is 0. The highest BCUT2D eigenvalue weighted by molar-refractivity contribution is 5.26. The molecule has 0 heteroatoms. The van der Waals surface area contributed by atoms with Crippen molar-refractivity contribution in [2.24, 2.45) is 17.3 Å². The molecule has 0 aromatic heterocycles. The maximum atomic E-state index is 2.55. The zero-order valence-corrected chi connectivity index (χ0v) is 20.6. The van der Waals surface area contributed by atoms with E-state index in [1.807, 2.05) is 0 Å². The number of unbranched alkanes of at least 4 members (excludes halogenated alkanes) is 3. The molecule has 0 atom stereocenters. The highest BCUT2D eigenvalue weighted by Crippen LogP contribution is 2.45. The van der Waals surface area contributed by atoms with Gasteiger partial charge in [-0.15, -0.1) is 0 Å². The van der Waals surface area contributed by atoms with Crippen LogP contribution in [0.3, 0.4) is 0 Å². The topological polar surface area (TPSA) is 0 Å². The molecule has 0 saturated heterocycles. The third-order valence-electron chi connectivity index (χ3n) is 8.80. The van der Waals surface area contributed by atoms with Crippen LogP contribution < -0.4 is 0 Å². The van der Waals surface area contributed by atoms with Crippen LogP contribution in [0.15, 0.2) is 24.3 Å². The average Bonchev–Trinajstić information content (AvgIpc) is 2.78. The molecule has 0 spiro atoms. The van der Waals surface area contributed by atoms with Crippen LogP contribution in [0.5, 0.6) is 0 Å². The Bertz CT molecular complexity index is 567. The van der Waals surface area contributed by atoms with Gasteiger partial charge in [0.05, 0.1) is 0 Å². The largest absolute Gasteiger partial charge is 0.0654 e. The van der Waals surface area contributed by atoms with E-state index in [-0.39, 0.29) is 0 Å². The summed E-state index contributed by atoms with van der Waals surface area (Å²) in [6.45, 7) is 7.21.